The van der Waals surface area contributed by atoms with E-state index in [4.69, 9.17) is 0 Å². The molecule has 0 spiro atoms. The Morgan fingerprint density at radius 3 is 1.93 bits per heavy atom. The minimum atomic E-state index is 0.132. The maximum absolute atomic E-state index is 13.1. The molecule has 0 radical (unpaired) electrons. The Kier molecular flexibility index (Phi) is 6.10. The van der Waals surface area contributed by atoms with Gasteiger partial charge in [-0.3, -0.25) is 0 Å². The van der Waals surface area contributed by atoms with Crippen LogP contribution in [0.25, 0.3) is 0 Å². The van der Waals surface area contributed by atoms with Gasteiger partial charge >= 0.3 is 174 Å². The Morgan fingerprint density at radius 2 is 1.32 bits per heavy atom. The first kappa shape index (κ1) is 19.2. The molecule has 2 heteroatoms. The summed E-state index contributed by atoms with van der Waals surface area (Å²) in [5.41, 5.74) is 2.31. The standard InChI is InChI=1S/C26H26OSe/c27-25(23-12-6-2-7-13-23)20-26(28-24-14-8-3-9-15-24)18-16-22(17-19-26)21-10-4-1-5-11-21/h1-15,22H,16-20H2. The van der Waals surface area contributed by atoms with Crippen molar-refractivity contribution in [2.75, 3.05) is 0 Å². The van der Waals surface area contributed by atoms with Crippen LogP contribution in [0.3, 0.4) is 0 Å². The summed E-state index contributed by atoms with van der Waals surface area (Å²) in [6, 6.07) is 31.5. The van der Waals surface area contributed by atoms with E-state index in [1.165, 1.54) is 22.9 Å². The molecule has 1 fully saturated rings. The molecule has 1 saturated carbocycles. The van der Waals surface area contributed by atoms with E-state index in [1.807, 2.05) is 30.3 Å². The fourth-order valence-corrected chi connectivity index (χ4v) is 7.29. The van der Waals surface area contributed by atoms with Crippen molar-refractivity contribution in [1.29, 1.82) is 0 Å². The van der Waals surface area contributed by atoms with Crippen molar-refractivity contribution in [1.82, 2.24) is 0 Å². The van der Waals surface area contributed by atoms with Crippen molar-refractivity contribution in [2.24, 2.45) is 0 Å². The molecule has 0 heterocycles. The average Bonchev–Trinajstić information content (AvgIpc) is 2.76. The molecule has 3 aromatic carbocycles. The van der Waals surface area contributed by atoms with Crippen LogP contribution < -0.4 is 4.46 Å². The van der Waals surface area contributed by atoms with Gasteiger partial charge in [0.05, 0.1) is 0 Å². The number of ketones is 1. The third-order valence-electron chi connectivity index (χ3n) is 5.82. The normalized spacial score (nSPS) is 21.9. The van der Waals surface area contributed by atoms with Crippen LogP contribution in [-0.4, -0.2) is 20.7 Å². The Bertz CT molecular complexity index is 881. The Labute approximate surface area is 174 Å². The number of carbonyl (C=O) groups excluding carboxylic acids is 1. The molecule has 1 aliphatic carbocycles. The van der Waals surface area contributed by atoms with Crippen molar-refractivity contribution in [2.45, 2.75) is 42.3 Å². The van der Waals surface area contributed by atoms with E-state index < -0.39 is 0 Å². The minimum absolute atomic E-state index is 0.132. The zero-order valence-corrected chi connectivity index (χ0v) is 17.8. The molecule has 142 valence electrons. The van der Waals surface area contributed by atoms with Gasteiger partial charge in [-0.25, -0.2) is 0 Å². The molecule has 0 amide bonds. The number of rotatable bonds is 6. The van der Waals surface area contributed by atoms with Gasteiger partial charge < -0.3 is 0 Å². The monoisotopic (exact) mass is 434 g/mol. The first-order valence-electron chi connectivity index (χ1n) is 10.1. The molecular formula is C26H26OSe. The van der Waals surface area contributed by atoms with E-state index in [0.29, 0.717) is 33.1 Å². The van der Waals surface area contributed by atoms with Crippen LogP contribution in [0.1, 0.15) is 53.9 Å². The van der Waals surface area contributed by atoms with Gasteiger partial charge in [0, 0.05) is 0 Å². The molecule has 28 heavy (non-hydrogen) atoms. The summed E-state index contributed by atoms with van der Waals surface area (Å²) in [5, 5.41) is 0. The molecule has 0 unspecified atom stereocenters. The first-order chi connectivity index (χ1) is 13.7. The SMILES string of the molecule is O=C(CC1([Se]c2ccccc2)CCC(c2ccccc2)CC1)c1ccccc1. The van der Waals surface area contributed by atoms with E-state index in [9.17, 15) is 4.79 Å². The summed E-state index contributed by atoms with van der Waals surface area (Å²) in [4.78, 5) is 13.1. The van der Waals surface area contributed by atoms with Crippen LogP contribution in [0, 0.1) is 0 Å². The fraction of sp³-hybridized carbons (Fsp3) is 0.269. The molecule has 1 aliphatic rings. The average molecular weight is 433 g/mol. The van der Waals surface area contributed by atoms with Crippen LogP contribution in [0.2, 0.25) is 4.31 Å². The van der Waals surface area contributed by atoms with Crippen molar-refractivity contribution in [3.05, 3.63) is 102 Å². The fourth-order valence-electron chi connectivity index (χ4n) is 4.27. The molecule has 0 aromatic heterocycles. The van der Waals surface area contributed by atoms with Gasteiger partial charge in [-0.05, 0) is 0 Å². The van der Waals surface area contributed by atoms with Gasteiger partial charge in [-0.2, -0.15) is 0 Å². The molecule has 0 saturated heterocycles. The van der Waals surface area contributed by atoms with Gasteiger partial charge in [0.2, 0.25) is 0 Å². The molecule has 0 atom stereocenters. The zero-order valence-electron chi connectivity index (χ0n) is 16.1. The number of benzene rings is 3. The van der Waals surface area contributed by atoms with Gasteiger partial charge in [0.15, 0.2) is 0 Å². The molecule has 0 N–H and O–H groups in total. The third kappa shape index (κ3) is 4.63. The third-order valence-corrected chi connectivity index (χ3v) is 8.96. The van der Waals surface area contributed by atoms with Gasteiger partial charge in [0.25, 0.3) is 0 Å². The van der Waals surface area contributed by atoms with Crippen molar-refractivity contribution < 1.29 is 4.79 Å². The van der Waals surface area contributed by atoms with Crippen molar-refractivity contribution in [3.8, 4) is 0 Å². The second-order valence-corrected chi connectivity index (χ2v) is 11.0. The van der Waals surface area contributed by atoms with Crippen LogP contribution in [0.4, 0.5) is 0 Å². The van der Waals surface area contributed by atoms with E-state index in [2.05, 4.69) is 60.7 Å². The number of Topliss-reactive ketones (excluding diaryl/α,β-unsaturated/α-hetero) is 1. The molecule has 0 bridgehead atoms. The van der Waals surface area contributed by atoms with Crippen molar-refractivity contribution >= 4 is 25.2 Å². The van der Waals surface area contributed by atoms with E-state index in [1.54, 1.807) is 0 Å². The Morgan fingerprint density at radius 1 is 0.786 bits per heavy atom. The van der Waals surface area contributed by atoms with E-state index in [0.717, 1.165) is 18.4 Å². The second kappa shape index (κ2) is 8.90. The van der Waals surface area contributed by atoms with Gasteiger partial charge in [-0.1, -0.05) is 0 Å². The molecule has 3 aromatic rings. The summed E-state index contributed by atoms with van der Waals surface area (Å²) in [7, 11) is 0. The number of carbonyl (C=O) groups is 1. The quantitative estimate of drug-likeness (QED) is 0.354. The summed E-state index contributed by atoms with van der Waals surface area (Å²) in [6.07, 6.45) is 5.31. The van der Waals surface area contributed by atoms with Crippen LogP contribution in [-0.2, 0) is 0 Å². The Hall–Kier alpha value is -2.15. The van der Waals surface area contributed by atoms with Crippen molar-refractivity contribution in [3.63, 3.8) is 0 Å². The van der Waals surface area contributed by atoms with Gasteiger partial charge in [0.1, 0.15) is 0 Å². The molecule has 1 nitrogen and oxygen atoms in total. The zero-order chi connectivity index (χ0) is 19.2. The first-order valence-corrected chi connectivity index (χ1v) is 11.8. The van der Waals surface area contributed by atoms with Crippen LogP contribution in [0.15, 0.2) is 91.0 Å². The second-order valence-electron chi connectivity index (χ2n) is 7.75. The topological polar surface area (TPSA) is 17.1 Å². The maximum atomic E-state index is 13.1. The predicted molar refractivity (Wildman–Crippen MR) is 118 cm³/mol. The van der Waals surface area contributed by atoms with Gasteiger partial charge in [-0.15, -0.1) is 0 Å². The summed E-state index contributed by atoms with van der Waals surface area (Å²) >= 11 is 0.306. The number of hydrogen-bond donors (Lipinski definition) is 0. The van der Waals surface area contributed by atoms with Crippen LogP contribution >= 0.6 is 0 Å². The summed E-state index contributed by atoms with van der Waals surface area (Å²) in [6.45, 7) is 0. The summed E-state index contributed by atoms with van der Waals surface area (Å²) < 4.78 is 1.54. The number of hydrogen-bond acceptors (Lipinski definition) is 1. The molecule has 0 aliphatic heterocycles. The molecule has 4 rings (SSSR count). The summed E-state index contributed by atoms with van der Waals surface area (Å²) in [5.74, 6) is 0.935. The van der Waals surface area contributed by atoms with E-state index >= 15 is 0 Å². The van der Waals surface area contributed by atoms with Crippen LogP contribution in [0.5, 0.6) is 0 Å². The Balaban J connectivity index is 1.54. The molecular weight excluding hydrogens is 407 g/mol. The predicted octanol–water partition coefficient (Wildman–Crippen LogP) is 5.81. The van der Waals surface area contributed by atoms with E-state index in [-0.39, 0.29) is 4.31 Å².